The summed E-state index contributed by atoms with van der Waals surface area (Å²) in [5.41, 5.74) is 7.40. The van der Waals surface area contributed by atoms with E-state index in [1.807, 2.05) is 24.3 Å². The average molecular weight is 273 g/mol. The molecule has 1 heterocycles. The summed E-state index contributed by atoms with van der Waals surface area (Å²) in [5.74, 6) is -0.229. The summed E-state index contributed by atoms with van der Waals surface area (Å²) in [5, 5.41) is 9.26. The molecule has 0 amide bonds. The molecule has 0 aliphatic carbocycles. The SMILES string of the molecule is COc1ccc(Cc2nc(N)nc(C)c2C(=O)O)cc1. The van der Waals surface area contributed by atoms with Crippen LogP contribution in [0.3, 0.4) is 0 Å². The third-order valence-corrected chi connectivity index (χ3v) is 2.93. The second kappa shape index (κ2) is 5.56. The number of anilines is 1. The number of hydrogen-bond donors (Lipinski definition) is 2. The van der Waals surface area contributed by atoms with Gasteiger partial charge < -0.3 is 15.6 Å². The van der Waals surface area contributed by atoms with Gasteiger partial charge in [-0.2, -0.15) is 0 Å². The molecular formula is C14H15N3O3. The Labute approximate surface area is 116 Å². The molecule has 0 spiro atoms. The van der Waals surface area contributed by atoms with Crippen molar-refractivity contribution in [2.24, 2.45) is 0 Å². The molecule has 1 aromatic heterocycles. The molecule has 0 bridgehead atoms. The monoisotopic (exact) mass is 273 g/mol. The van der Waals surface area contributed by atoms with Crippen LogP contribution in [0.2, 0.25) is 0 Å². The van der Waals surface area contributed by atoms with Crippen LogP contribution in [-0.4, -0.2) is 28.2 Å². The van der Waals surface area contributed by atoms with Gasteiger partial charge in [0.05, 0.1) is 18.5 Å². The van der Waals surface area contributed by atoms with Crippen LogP contribution in [0.4, 0.5) is 5.95 Å². The van der Waals surface area contributed by atoms with E-state index in [1.165, 1.54) is 0 Å². The molecule has 0 aliphatic rings. The Morgan fingerprint density at radius 3 is 2.50 bits per heavy atom. The molecule has 2 rings (SSSR count). The van der Waals surface area contributed by atoms with Crippen molar-refractivity contribution >= 4 is 11.9 Å². The first-order valence-electron chi connectivity index (χ1n) is 6.00. The van der Waals surface area contributed by atoms with Crippen LogP contribution in [0, 0.1) is 6.92 Å². The van der Waals surface area contributed by atoms with E-state index in [-0.39, 0.29) is 11.5 Å². The maximum atomic E-state index is 11.3. The van der Waals surface area contributed by atoms with Crippen LogP contribution < -0.4 is 10.5 Å². The third-order valence-electron chi connectivity index (χ3n) is 2.93. The summed E-state index contributed by atoms with van der Waals surface area (Å²) in [7, 11) is 1.59. The number of aryl methyl sites for hydroxylation is 1. The van der Waals surface area contributed by atoms with Crippen molar-refractivity contribution in [1.82, 2.24) is 9.97 Å². The summed E-state index contributed by atoms with van der Waals surface area (Å²) in [6.45, 7) is 1.61. The van der Waals surface area contributed by atoms with Gasteiger partial charge in [0.15, 0.2) is 0 Å². The quantitative estimate of drug-likeness (QED) is 0.879. The largest absolute Gasteiger partial charge is 0.497 e. The lowest BCUT2D eigenvalue weighted by atomic mass is 10.0. The van der Waals surface area contributed by atoms with Gasteiger partial charge in [-0.25, -0.2) is 14.8 Å². The molecule has 0 aliphatic heterocycles. The Kier molecular flexibility index (Phi) is 3.84. The van der Waals surface area contributed by atoms with Gasteiger partial charge in [0.2, 0.25) is 5.95 Å². The number of benzene rings is 1. The second-order valence-corrected chi connectivity index (χ2v) is 4.32. The summed E-state index contributed by atoms with van der Waals surface area (Å²) in [6, 6.07) is 7.34. The molecule has 2 aromatic rings. The van der Waals surface area contributed by atoms with Crippen LogP contribution >= 0.6 is 0 Å². The Morgan fingerprint density at radius 1 is 1.30 bits per heavy atom. The molecule has 3 N–H and O–H groups in total. The number of hydrogen-bond acceptors (Lipinski definition) is 5. The van der Waals surface area contributed by atoms with Gasteiger partial charge in [-0.05, 0) is 24.6 Å². The van der Waals surface area contributed by atoms with Gasteiger partial charge in [0.1, 0.15) is 11.3 Å². The highest BCUT2D eigenvalue weighted by Gasteiger charge is 2.17. The minimum Gasteiger partial charge on any atom is -0.497 e. The summed E-state index contributed by atoms with van der Waals surface area (Å²) < 4.78 is 5.08. The molecule has 104 valence electrons. The van der Waals surface area contributed by atoms with E-state index in [9.17, 15) is 9.90 Å². The van der Waals surface area contributed by atoms with Gasteiger partial charge in [0, 0.05) is 6.42 Å². The van der Waals surface area contributed by atoms with Crippen LogP contribution in [0.15, 0.2) is 24.3 Å². The predicted octanol–water partition coefficient (Wildman–Crippen LogP) is 1.66. The van der Waals surface area contributed by atoms with Crippen molar-refractivity contribution in [2.75, 3.05) is 12.8 Å². The zero-order chi connectivity index (χ0) is 14.7. The molecule has 0 fully saturated rings. The van der Waals surface area contributed by atoms with Gasteiger partial charge in [-0.3, -0.25) is 0 Å². The minimum absolute atomic E-state index is 0.0796. The van der Waals surface area contributed by atoms with Gasteiger partial charge in [-0.1, -0.05) is 12.1 Å². The molecule has 0 unspecified atom stereocenters. The number of carboxylic acid groups (broad SMARTS) is 1. The van der Waals surface area contributed by atoms with Crippen LogP contribution in [0.5, 0.6) is 5.75 Å². The summed E-state index contributed by atoms with van der Waals surface area (Å²) in [6.07, 6.45) is 0.374. The molecule has 0 saturated heterocycles. The van der Waals surface area contributed by atoms with Gasteiger partial charge in [-0.15, -0.1) is 0 Å². The van der Waals surface area contributed by atoms with E-state index in [2.05, 4.69) is 9.97 Å². The number of nitrogens with zero attached hydrogens (tertiary/aromatic N) is 2. The lowest BCUT2D eigenvalue weighted by Crippen LogP contribution is -2.12. The first-order valence-corrected chi connectivity index (χ1v) is 6.00. The van der Waals surface area contributed by atoms with E-state index in [1.54, 1.807) is 14.0 Å². The Hall–Kier alpha value is -2.63. The second-order valence-electron chi connectivity index (χ2n) is 4.32. The van der Waals surface area contributed by atoms with Gasteiger partial charge in [0.25, 0.3) is 0 Å². The van der Waals surface area contributed by atoms with E-state index >= 15 is 0 Å². The van der Waals surface area contributed by atoms with Gasteiger partial charge >= 0.3 is 5.97 Å². The van der Waals surface area contributed by atoms with Crippen molar-refractivity contribution in [3.8, 4) is 5.75 Å². The summed E-state index contributed by atoms with van der Waals surface area (Å²) >= 11 is 0. The first kappa shape index (κ1) is 13.8. The molecule has 6 heteroatoms. The van der Waals surface area contributed by atoms with Crippen molar-refractivity contribution in [3.63, 3.8) is 0 Å². The highest BCUT2D eigenvalue weighted by atomic mass is 16.5. The number of aromatic carboxylic acids is 1. The van der Waals surface area contributed by atoms with E-state index in [0.29, 0.717) is 17.8 Å². The van der Waals surface area contributed by atoms with Crippen LogP contribution in [0.25, 0.3) is 0 Å². The lowest BCUT2D eigenvalue weighted by molar-refractivity contribution is 0.0694. The Bertz CT molecular complexity index is 639. The molecule has 1 aromatic carbocycles. The lowest BCUT2D eigenvalue weighted by Gasteiger charge is -2.09. The zero-order valence-corrected chi connectivity index (χ0v) is 11.3. The van der Waals surface area contributed by atoms with Crippen molar-refractivity contribution in [1.29, 1.82) is 0 Å². The standard InChI is InChI=1S/C14H15N3O3/c1-8-12(13(18)19)11(17-14(15)16-8)7-9-3-5-10(20-2)6-4-9/h3-6H,7H2,1-2H3,(H,18,19)(H2,15,16,17). The van der Waals surface area contributed by atoms with E-state index < -0.39 is 5.97 Å². The fraction of sp³-hybridized carbons (Fsp3) is 0.214. The predicted molar refractivity (Wildman–Crippen MR) is 73.9 cm³/mol. The highest BCUT2D eigenvalue weighted by Crippen LogP contribution is 2.18. The number of nitrogen functional groups attached to an aromatic ring is 1. The normalized spacial score (nSPS) is 10.3. The van der Waals surface area contributed by atoms with E-state index in [4.69, 9.17) is 10.5 Å². The fourth-order valence-electron chi connectivity index (χ4n) is 2.00. The van der Waals surface area contributed by atoms with Crippen molar-refractivity contribution < 1.29 is 14.6 Å². The zero-order valence-electron chi connectivity index (χ0n) is 11.3. The number of aromatic nitrogens is 2. The third kappa shape index (κ3) is 2.85. The minimum atomic E-state index is -1.05. The topological polar surface area (TPSA) is 98.3 Å². The molecule has 6 nitrogen and oxygen atoms in total. The number of carbonyl (C=O) groups is 1. The average Bonchev–Trinajstić information content (AvgIpc) is 2.38. The Morgan fingerprint density at radius 2 is 1.95 bits per heavy atom. The number of ether oxygens (including phenoxy) is 1. The van der Waals surface area contributed by atoms with Crippen molar-refractivity contribution in [3.05, 3.63) is 46.8 Å². The number of carboxylic acids is 1. The molecule has 0 atom stereocenters. The number of methoxy groups -OCH3 is 1. The molecule has 0 saturated carbocycles. The number of nitrogens with two attached hydrogens (primary N) is 1. The maximum Gasteiger partial charge on any atom is 0.339 e. The Balaban J connectivity index is 2.39. The molecular weight excluding hydrogens is 258 g/mol. The van der Waals surface area contributed by atoms with Crippen molar-refractivity contribution in [2.45, 2.75) is 13.3 Å². The van der Waals surface area contributed by atoms with Crippen LogP contribution in [0.1, 0.15) is 27.3 Å². The molecule has 0 radical (unpaired) electrons. The summed E-state index contributed by atoms with van der Waals surface area (Å²) in [4.78, 5) is 19.2. The highest BCUT2D eigenvalue weighted by molar-refractivity contribution is 5.90. The van der Waals surface area contributed by atoms with E-state index in [0.717, 1.165) is 11.3 Å². The maximum absolute atomic E-state index is 11.3. The first-order chi connectivity index (χ1) is 9.51. The molecule has 20 heavy (non-hydrogen) atoms. The van der Waals surface area contributed by atoms with Crippen LogP contribution in [-0.2, 0) is 6.42 Å². The fourth-order valence-corrected chi connectivity index (χ4v) is 2.00. The number of rotatable bonds is 4. The smallest absolute Gasteiger partial charge is 0.339 e.